The van der Waals surface area contributed by atoms with Gasteiger partial charge in [-0.25, -0.2) is 0 Å². The number of aliphatic hydroxyl groups is 1. The molecule has 0 rings (SSSR count). The summed E-state index contributed by atoms with van der Waals surface area (Å²) in [6.45, 7) is 12.4. The van der Waals surface area contributed by atoms with Crippen molar-refractivity contribution in [1.29, 1.82) is 0 Å². The van der Waals surface area contributed by atoms with Crippen molar-refractivity contribution in [2.75, 3.05) is 6.61 Å². The summed E-state index contributed by atoms with van der Waals surface area (Å²) in [6, 6.07) is 0. The summed E-state index contributed by atoms with van der Waals surface area (Å²) >= 11 is 0. The van der Waals surface area contributed by atoms with Crippen molar-refractivity contribution in [2.45, 2.75) is 53.2 Å². The molecule has 2 nitrogen and oxygen atoms in total. The largest absolute Gasteiger partial charge is 0.388 e. The van der Waals surface area contributed by atoms with E-state index in [2.05, 4.69) is 20.8 Å². The van der Waals surface area contributed by atoms with Crippen molar-refractivity contribution in [3.63, 3.8) is 0 Å². The van der Waals surface area contributed by atoms with E-state index < -0.39 is 5.60 Å². The molecule has 0 aliphatic rings. The van der Waals surface area contributed by atoms with Gasteiger partial charge in [0.05, 0.1) is 18.3 Å². The fourth-order valence-corrected chi connectivity index (χ4v) is 0.579. The molecule has 2 heteroatoms. The zero-order valence-electron chi connectivity index (χ0n) is 9.14. The molecule has 0 bridgehead atoms. The second-order valence-corrected chi connectivity index (χ2v) is 5.17. The molecule has 1 N–H and O–H groups in total. The Morgan fingerprint density at radius 3 is 1.83 bits per heavy atom. The normalized spacial score (nSPS) is 16.2. The Morgan fingerprint density at radius 1 is 1.17 bits per heavy atom. The fraction of sp³-hybridized carbons (Fsp3) is 1.00. The lowest BCUT2D eigenvalue weighted by molar-refractivity contribution is -0.0946. The van der Waals surface area contributed by atoms with Crippen LogP contribution in [0.5, 0.6) is 0 Å². The van der Waals surface area contributed by atoms with Gasteiger partial charge in [0.1, 0.15) is 0 Å². The second kappa shape index (κ2) is 3.75. The van der Waals surface area contributed by atoms with Gasteiger partial charge in [-0.2, -0.15) is 0 Å². The average Bonchev–Trinajstić information content (AvgIpc) is 1.78. The summed E-state index contributed by atoms with van der Waals surface area (Å²) in [5.74, 6) is 0. The molecule has 0 aromatic carbocycles. The van der Waals surface area contributed by atoms with E-state index in [0.29, 0.717) is 6.61 Å². The van der Waals surface area contributed by atoms with E-state index in [1.807, 2.05) is 6.92 Å². The minimum Gasteiger partial charge on any atom is -0.388 e. The molecule has 0 aromatic rings. The van der Waals surface area contributed by atoms with Gasteiger partial charge in [-0.1, -0.05) is 20.8 Å². The smallest absolute Gasteiger partial charge is 0.0849 e. The van der Waals surface area contributed by atoms with Crippen molar-refractivity contribution >= 4 is 0 Å². The third kappa shape index (κ3) is 5.56. The first-order valence-electron chi connectivity index (χ1n) is 4.47. The predicted octanol–water partition coefficient (Wildman–Crippen LogP) is 2.21. The van der Waals surface area contributed by atoms with Crippen molar-refractivity contribution in [1.82, 2.24) is 0 Å². The first kappa shape index (κ1) is 11.9. The maximum Gasteiger partial charge on any atom is 0.0849 e. The zero-order valence-corrected chi connectivity index (χ0v) is 9.14. The van der Waals surface area contributed by atoms with Gasteiger partial charge in [-0.05, 0) is 26.2 Å². The third-order valence-electron chi connectivity index (χ3n) is 1.76. The molecule has 1 atom stereocenters. The number of ether oxygens (including phenoxy) is 1. The van der Waals surface area contributed by atoms with Gasteiger partial charge in [-0.3, -0.25) is 0 Å². The Balaban J connectivity index is 3.80. The molecule has 0 radical (unpaired) electrons. The van der Waals surface area contributed by atoms with Crippen molar-refractivity contribution in [2.24, 2.45) is 5.41 Å². The van der Waals surface area contributed by atoms with E-state index >= 15 is 0 Å². The molecule has 74 valence electrons. The molecule has 1 unspecified atom stereocenters. The second-order valence-electron chi connectivity index (χ2n) is 5.17. The Labute approximate surface area is 75.9 Å². The van der Waals surface area contributed by atoms with Gasteiger partial charge >= 0.3 is 0 Å². The van der Waals surface area contributed by atoms with Crippen molar-refractivity contribution in [3.8, 4) is 0 Å². The van der Waals surface area contributed by atoms with Gasteiger partial charge < -0.3 is 9.84 Å². The van der Waals surface area contributed by atoms with Gasteiger partial charge in [0.2, 0.25) is 0 Å². The lowest BCUT2D eigenvalue weighted by Gasteiger charge is -2.29. The minimum absolute atomic E-state index is 0.114. The van der Waals surface area contributed by atoms with E-state index in [1.165, 1.54) is 0 Å². The Morgan fingerprint density at radius 2 is 1.58 bits per heavy atom. The molecule has 0 aromatic heterocycles. The summed E-state index contributed by atoms with van der Waals surface area (Å²) in [5.41, 5.74) is -0.579. The van der Waals surface area contributed by atoms with E-state index in [4.69, 9.17) is 4.74 Å². The van der Waals surface area contributed by atoms with Crippen LogP contribution in [0.3, 0.4) is 0 Å². The van der Waals surface area contributed by atoms with E-state index in [9.17, 15) is 5.11 Å². The fourth-order valence-electron chi connectivity index (χ4n) is 0.579. The van der Waals surface area contributed by atoms with Gasteiger partial charge in [-0.15, -0.1) is 0 Å². The molecular weight excluding hydrogens is 152 g/mol. The highest BCUT2D eigenvalue weighted by molar-refractivity contribution is 4.74. The molecule has 0 heterocycles. The average molecular weight is 174 g/mol. The Kier molecular flexibility index (Phi) is 3.73. The molecule has 12 heavy (non-hydrogen) atoms. The van der Waals surface area contributed by atoms with Crippen LogP contribution in [0, 0.1) is 5.41 Å². The predicted molar refractivity (Wildman–Crippen MR) is 51.2 cm³/mol. The van der Waals surface area contributed by atoms with Crippen LogP contribution in [0.1, 0.15) is 41.5 Å². The zero-order chi connectivity index (χ0) is 9.99. The quantitative estimate of drug-likeness (QED) is 0.711. The molecule has 0 spiro atoms. The van der Waals surface area contributed by atoms with Crippen LogP contribution in [0.25, 0.3) is 0 Å². The first-order valence-corrected chi connectivity index (χ1v) is 4.47. The maximum atomic E-state index is 9.56. The molecule has 0 fully saturated rings. The highest BCUT2D eigenvalue weighted by Gasteiger charge is 2.24. The molecule has 0 aliphatic carbocycles. The molecule has 0 saturated carbocycles. The van der Waals surface area contributed by atoms with Gasteiger partial charge in [0, 0.05) is 0 Å². The van der Waals surface area contributed by atoms with Crippen molar-refractivity contribution < 1.29 is 9.84 Å². The number of hydrogen-bond acceptors (Lipinski definition) is 2. The maximum absolute atomic E-state index is 9.56. The Bertz CT molecular complexity index is 128. The van der Waals surface area contributed by atoms with E-state index in [-0.39, 0.29) is 11.5 Å². The van der Waals surface area contributed by atoms with Crippen LogP contribution in [-0.4, -0.2) is 23.4 Å². The molecule has 0 aliphatic heterocycles. The topological polar surface area (TPSA) is 29.5 Å². The number of hydrogen-bond donors (Lipinski definition) is 1. The summed E-state index contributed by atoms with van der Waals surface area (Å²) in [6.07, 6.45) is -0.114. The van der Waals surface area contributed by atoms with Crippen molar-refractivity contribution in [3.05, 3.63) is 0 Å². The standard InChI is InChI=1S/C10H22O2/c1-8(10(5,6)11)12-7-9(2,3)4/h8,11H,7H2,1-6H3. The van der Waals surface area contributed by atoms with E-state index in [0.717, 1.165) is 0 Å². The minimum atomic E-state index is -0.745. The van der Waals surface area contributed by atoms with Crippen LogP contribution >= 0.6 is 0 Å². The van der Waals surface area contributed by atoms with Crippen LogP contribution in [0.15, 0.2) is 0 Å². The number of rotatable bonds is 3. The summed E-state index contributed by atoms with van der Waals surface area (Å²) < 4.78 is 5.52. The van der Waals surface area contributed by atoms with Crippen LogP contribution < -0.4 is 0 Å². The highest BCUT2D eigenvalue weighted by Crippen LogP contribution is 2.18. The van der Waals surface area contributed by atoms with Gasteiger partial charge in [0.25, 0.3) is 0 Å². The summed E-state index contributed by atoms with van der Waals surface area (Å²) in [7, 11) is 0. The summed E-state index contributed by atoms with van der Waals surface area (Å²) in [4.78, 5) is 0. The third-order valence-corrected chi connectivity index (χ3v) is 1.76. The first-order chi connectivity index (χ1) is 5.13. The van der Waals surface area contributed by atoms with Gasteiger partial charge in [0.15, 0.2) is 0 Å². The Hall–Kier alpha value is -0.0800. The van der Waals surface area contributed by atoms with E-state index in [1.54, 1.807) is 13.8 Å². The molecule has 0 saturated heterocycles. The highest BCUT2D eigenvalue weighted by atomic mass is 16.5. The SMILES string of the molecule is CC(OCC(C)(C)C)C(C)(C)O. The van der Waals surface area contributed by atoms with Crippen LogP contribution in [0.2, 0.25) is 0 Å². The van der Waals surface area contributed by atoms with Crippen LogP contribution in [-0.2, 0) is 4.74 Å². The molecule has 0 amide bonds. The lowest BCUT2D eigenvalue weighted by Crippen LogP contribution is -2.37. The lowest BCUT2D eigenvalue weighted by atomic mass is 9.97. The monoisotopic (exact) mass is 174 g/mol. The molecular formula is C10H22O2. The summed E-state index contributed by atoms with van der Waals surface area (Å²) in [5, 5.41) is 9.56. The van der Waals surface area contributed by atoms with Crippen LogP contribution in [0.4, 0.5) is 0 Å².